The molecule has 0 bridgehead atoms. The van der Waals surface area contributed by atoms with Gasteiger partial charge in [-0.25, -0.2) is 22.1 Å². The van der Waals surface area contributed by atoms with Gasteiger partial charge in [0.25, 0.3) is 0 Å². The summed E-state index contributed by atoms with van der Waals surface area (Å²) < 4.78 is 50.2. The van der Waals surface area contributed by atoms with Crippen LogP contribution in [0.3, 0.4) is 0 Å². The van der Waals surface area contributed by atoms with E-state index >= 15 is 0 Å². The number of aromatic nitrogens is 2. The van der Waals surface area contributed by atoms with Crippen LogP contribution in [0.2, 0.25) is 0 Å². The minimum atomic E-state index is -3.45. The van der Waals surface area contributed by atoms with E-state index in [0.29, 0.717) is 37.4 Å². The van der Waals surface area contributed by atoms with Gasteiger partial charge in [0, 0.05) is 25.4 Å². The van der Waals surface area contributed by atoms with E-state index in [0.717, 1.165) is 0 Å². The van der Waals surface area contributed by atoms with Crippen LogP contribution in [0.15, 0.2) is 36.5 Å². The average molecular weight is 381 g/mol. The second-order valence-corrected chi connectivity index (χ2v) is 7.95. The summed E-state index contributed by atoms with van der Waals surface area (Å²) in [6.45, 7) is 0.743. The molecule has 26 heavy (non-hydrogen) atoms. The second-order valence-electron chi connectivity index (χ2n) is 5.98. The number of nitrogens with zero attached hydrogens (tertiary/aromatic N) is 3. The minimum absolute atomic E-state index is 0.119. The summed E-state index contributed by atoms with van der Waals surface area (Å²) in [7, 11) is -1.97. The smallest absolute Gasteiger partial charge is 0.319 e. The number of hydrogen-bond donors (Lipinski definition) is 0. The highest BCUT2D eigenvalue weighted by Crippen LogP contribution is 2.21. The Morgan fingerprint density at radius 1 is 1.19 bits per heavy atom. The fourth-order valence-electron chi connectivity index (χ4n) is 2.77. The molecule has 0 spiro atoms. The summed E-state index contributed by atoms with van der Waals surface area (Å²) in [6.07, 6.45) is 2.56. The van der Waals surface area contributed by atoms with Crippen molar-refractivity contribution in [1.29, 1.82) is 0 Å². The highest BCUT2D eigenvalue weighted by atomic mass is 32.2. The predicted octanol–water partition coefficient (Wildman–Crippen LogP) is 2.00. The van der Waals surface area contributed by atoms with Gasteiger partial charge in [0.15, 0.2) is 0 Å². The molecular formula is C17H20FN3O4S. The third-order valence-electron chi connectivity index (χ3n) is 4.13. The van der Waals surface area contributed by atoms with Crippen molar-refractivity contribution in [3.63, 3.8) is 0 Å². The van der Waals surface area contributed by atoms with E-state index in [-0.39, 0.29) is 23.7 Å². The van der Waals surface area contributed by atoms with Crippen LogP contribution < -0.4 is 9.47 Å². The summed E-state index contributed by atoms with van der Waals surface area (Å²) >= 11 is 0. The Morgan fingerprint density at radius 3 is 2.54 bits per heavy atom. The van der Waals surface area contributed by atoms with Gasteiger partial charge < -0.3 is 9.47 Å². The van der Waals surface area contributed by atoms with Crippen molar-refractivity contribution in [2.45, 2.75) is 24.7 Å². The van der Waals surface area contributed by atoms with E-state index in [4.69, 9.17) is 9.47 Å². The highest BCUT2D eigenvalue weighted by molar-refractivity contribution is 7.88. The maximum Gasteiger partial charge on any atom is 0.319 e. The number of sulfonamides is 1. The molecule has 1 aliphatic rings. The molecule has 0 aliphatic carbocycles. The van der Waals surface area contributed by atoms with Crippen molar-refractivity contribution < 1.29 is 22.3 Å². The third kappa shape index (κ3) is 4.67. The first-order valence-electron chi connectivity index (χ1n) is 8.22. The van der Waals surface area contributed by atoms with E-state index in [2.05, 4.69) is 9.97 Å². The molecule has 1 aromatic heterocycles. The van der Waals surface area contributed by atoms with Gasteiger partial charge in [-0.05, 0) is 30.5 Å². The van der Waals surface area contributed by atoms with Gasteiger partial charge in [0.1, 0.15) is 11.9 Å². The lowest BCUT2D eigenvalue weighted by Crippen LogP contribution is -2.42. The fourth-order valence-corrected chi connectivity index (χ4v) is 4.33. The van der Waals surface area contributed by atoms with Gasteiger partial charge in [0.05, 0.1) is 12.9 Å². The van der Waals surface area contributed by atoms with Crippen molar-refractivity contribution in [3.05, 3.63) is 47.9 Å². The summed E-state index contributed by atoms with van der Waals surface area (Å²) in [6, 6.07) is 7.38. The van der Waals surface area contributed by atoms with Crippen LogP contribution in [0, 0.1) is 5.82 Å². The predicted molar refractivity (Wildman–Crippen MR) is 92.8 cm³/mol. The number of ether oxygens (including phenoxy) is 2. The molecule has 1 aliphatic heterocycles. The van der Waals surface area contributed by atoms with E-state index in [1.54, 1.807) is 12.3 Å². The maximum absolute atomic E-state index is 13.0. The number of rotatable bonds is 6. The molecule has 0 N–H and O–H groups in total. The highest BCUT2D eigenvalue weighted by Gasteiger charge is 2.29. The Balaban J connectivity index is 1.56. The molecule has 9 heteroatoms. The molecule has 1 aromatic carbocycles. The van der Waals surface area contributed by atoms with Gasteiger partial charge in [-0.2, -0.15) is 4.98 Å². The van der Waals surface area contributed by atoms with Crippen LogP contribution in [0.25, 0.3) is 0 Å². The SMILES string of the molecule is COc1nccc(OC2CCN(S(=O)(=O)Cc3ccc(F)cc3)CC2)n1. The number of benzene rings is 1. The van der Waals surface area contributed by atoms with Crippen LogP contribution in [-0.2, 0) is 15.8 Å². The standard InChI is InChI=1S/C17H20FN3O4S/c1-24-17-19-9-6-16(20-17)25-15-7-10-21(11-8-15)26(22,23)12-13-2-4-14(18)5-3-13/h2-6,9,15H,7-8,10-12H2,1H3. The van der Waals surface area contributed by atoms with Crippen LogP contribution in [0.1, 0.15) is 18.4 Å². The van der Waals surface area contributed by atoms with Crippen molar-refractivity contribution in [2.75, 3.05) is 20.2 Å². The summed E-state index contributed by atoms with van der Waals surface area (Å²) in [5, 5.41) is 0. The van der Waals surface area contributed by atoms with Crippen molar-refractivity contribution >= 4 is 10.0 Å². The topological polar surface area (TPSA) is 81.6 Å². The largest absolute Gasteiger partial charge is 0.474 e. The van der Waals surface area contributed by atoms with Crippen LogP contribution in [0.4, 0.5) is 4.39 Å². The van der Waals surface area contributed by atoms with E-state index < -0.39 is 10.0 Å². The lowest BCUT2D eigenvalue weighted by molar-refractivity contribution is 0.128. The van der Waals surface area contributed by atoms with Crippen LogP contribution in [0.5, 0.6) is 11.9 Å². The van der Waals surface area contributed by atoms with Gasteiger partial charge >= 0.3 is 6.01 Å². The maximum atomic E-state index is 13.0. The average Bonchev–Trinajstić information content (AvgIpc) is 2.64. The first-order chi connectivity index (χ1) is 12.5. The minimum Gasteiger partial charge on any atom is -0.474 e. The van der Waals surface area contributed by atoms with Crippen molar-refractivity contribution in [3.8, 4) is 11.9 Å². The zero-order valence-corrected chi connectivity index (χ0v) is 15.2. The summed E-state index contributed by atoms with van der Waals surface area (Å²) in [5.74, 6) is -0.114. The molecule has 1 saturated heterocycles. The van der Waals surface area contributed by atoms with Crippen LogP contribution >= 0.6 is 0 Å². The quantitative estimate of drug-likeness (QED) is 0.761. The Bertz CT molecular complexity index is 837. The van der Waals surface area contributed by atoms with Gasteiger partial charge in [0.2, 0.25) is 15.9 Å². The molecule has 0 unspecified atom stereocenters. The fraction of sp³-hybridized carbons (Fsp3) is 0.412. The van der Waals surface area contributed by atoms with Gasteiger partial charge in [-0.1, -0.05) is 12.1 Å². The van der Waals surface area contributed by atoms with Crippen molar-refractivity contribution in [1.82, 2.24) is 14.3 Å². The summed E-state index contributed by atoms with van der Waals surface area (Å²) in [5.41, 5.74) is 0.567. The molecule has 0 radical (unpaired) electrons. The summed E-state index contributed by atoms with van der Waals surface area (Å²) in [4.78, 5) is 8.01. The molecule has 140 valence electrons. The monoisotopic (exact) mass is 381 g/mol. The zero-order chi connectivity index (χ0) is 18.6. The van der Waals surface area contributed by atoms with Gasteiger partial charge in [-0.15, -0.1) is 0 Å². The van der Waals surface area contributed by atoms with E-state index in [1.807, 2.05) is 0 Å². The van der Waals surface area contributed by atoms with E-state index in [1.165, 1.54) is 35.7 Å². The lowest BCUT2D eigenvalue weighted by Gasteiger charge is -2.31. The Kier molecular flexibility index (Phi) is 5.67. The molecule has 0 amide bonds. The Hall–Kier alpha value is -2.26. The lowest BCUT2D eigenvalue weighted by atomic mass is 10.1. The second kappa shape index (κ2) is 7.96. The molecule has 7 nitrogen and oxygen atoms in total. The molecule has 0 saturated carbocycles. The Labute approximate surface area is 151 Å². The molecule has 3 rings (SSSR count). The number of piperidine rings is 1. The normalized spacial score (nSPS) is 16.4. The third-order valence-corrected chi connectivity index (χ3v) is 5.98. The first-order valence-corrected chi connectivity index (χ1v) is 9.83. The van der Waals surface area contributed by atoms with E-state index in [9.17, 15) is 12.8 Å². The molecule has 2 heterocycles. The van der Waals surface area contributed by atoms with Gasteiger partial charge in [-0.3, -0.25) is 0 Å². The molecule has 2 aromatic rings. The Morgan fingerprint density at radius 2 is 1.88 bits per heavy atom. The number of methoxy groups -OCH3 is 1. The van der Waals surface area contributed by atoms with Crippen LogP contribution in [-0.4, -0.2) is 49.0 Å². The molecular weight excluding hydrogens is 361 g/mol. The zero-order valence-electron chi connectivity index (χ0n) is 14.3. The van der Waals surface area contributed by atoms with Crippen molar-refractivity contribution in [2.24, 2.45) is 0 Å². The first kappa shape index (κ1) is 18.5. The molecule has 0 atom stereocenters. The molecule has 1 fully saturated rings. The number of halogens is 1. The number of hydrogen-bond acceptors (Lipinski definition) is 6.